The van der Waals surface area contributed by atoms with Crippen LogP contribution < -0.4 is 5.32 Å². The Kier molecular flexibility index (Phi) is 5.68. The van der Waals surface area contributed by atoms with Crippen LogP contribution in [0.25, 0.3) is 0 Å². The molecule has 4 heteroatoms. The topological polar surface area (TPSA) is 41.6 Å². The molecule has 0 bridgehead atoms. The van der Waals surface area contributed by atoms with E-state index >= 15 is 0 Å². The number of rotatable bonds is 7. The lowest BCUT2D eigenvalue weighted by atomic mass is 10.0. The number of piperidine rings is 1. The predicted molar refractivity (Wildman–Crippen MR) is 91.1 cm³/mol. The van der Waals surface area contributed by atoms with E-state index in [2.05, 4.69) is 5.32 Å². The molecule has 1 aromatic rings. The number of hydrogen-bond donors (Lipinski definition) is 1. The molecule has 0 spiro atoms. The highest BCUT2D eigenvalue weighted by Gasteiger charge is 2.30. The van der Waals surface area contributed by atoms with Gasteiger partial charge in [-0.05, 0) is 50.6 Å². The van der Waals surface area contributed by atoms with Crippen LogP contribution in [0.1, 0.15) is 44.3 Å². The van der Waals surface area contributed by atoms with Crippen molar-refractivity contribution in [3.05, 3.63) is 35.9 Å². The lowest BCUT2D eigenvalue weighted by molar-refractivity contribution is -0.145. The number of carbonyl (C=O) groups excluding carboxylic acids is 1. The van der Waals surface area contributed by atoms with Gasteiger partial charge in [-0.1, -0.05) is 30.3 Å². The largest absolute Gasteiger partial charge is 0.364 e. The average Bonchev–Trinajstić information content (AvgIpc) is 3.43. The Morgan fingerprint density at radius 1 is 1.22 bits per heavy atom. The van der Waals surface area contributed by atoms with Gasteiger partial charge in [0.15, 0.2) is 6.10 Å². The molecular formula is C19H28N2O2. The zero-order valence-corrected chi connectivity index (χ0v) is 14.0. The van der Waals surface area contributed by atoms with E-state index in [0.717, 1.165) is 44.0 Å². The van der Waals surface area contributed by atoms with E-state index < -0.39 is 6.10 Å². The molecule has 1 amide bonds. The molecule has 1 atom stereocenters. The second kappa shape index (κ2) is 7.93. The van der Waals surface area contributed by atoms with Crippen molar-refractivity contribution in [2.75, 3.05) is 26.2 Å². The van der Waals surface area contributed by atoms with E-state index in [1.807, 2.05) is 42.2 Å². The van der Waals surface area contributed by atoms with Crippen molar-refractivity contribution in [3.8, 4) is 0 Å². The highest BCUT2D eigenvalue weighted by molar-refractivity contribution is 5.82. The maximum Gasteiger partial charge on any atom is 0.256 e. The third-order valence-corrected chi connectivity index (χ3v) is 4.86. The minimum absolute atomic E-state index is 0.110. The van der Waals surface area contributed by atoms with Crippen LogP contribution >= 0.6 is 0 Å². The van der Waals surface area contributed by atoms with Crippen molar-refractivity contribution in [2.45, 2.75) is 44.8 Å². The SMILES string of the molecule is CCOC(C(=O)N1CCC(NCC2CC2)CC1)c1ccccc1. The lowest BCUT2D eigenvalue weighted by Crippen LogP contribution is -2.47. The first-order valence-electron chi connectivity index (χ1n) is 8.96. The molecule has 4 nitrogen and oxygen atoms in total. The molecule has 1 saturated heterocycles. The molecular weight excluding hydrogens is 288 g/mol. The third kappa shape index (κ3) is 4.55. The minimum atomic E-state index is -0.461. The molecule has 126 valence electrons. The van der Waals surface area contributed by atoms with E-state index in [4.69, 9.17) is 4.74 Å². The summed E-state index contributed by atoms with van der Waals surface area (Å²) in [6.07, 6.45) is 4.41. The van der Waals surface area contributed by atoms with Gasteiger partial charge in [0.25, 0.3) is 5.91 Å². The van der Waals surface area contributed by atoms with Crippen LogP contribution in [0.3, 0.4) is 0 Å². The Morgan fingerprint density at radius 2 is 1.91 bits per heavy atom. The summed E-state index contributed by atoms with van der Waals surface area (Å²) in [6, 6.07) is 10.4. The number of ether oxygens (including phenoxy) is 1. The van der Waals surface area contributed by atoms with Crippen molar-refractivity contribution in [1.29, 1.82) is 0 Å². The van der Waals surface area contributed by atoms with Gasteiger partial charge < -0.3 is 15.0 Å². The van der Waals surface area contributed by atoms with Gasteiger partial charge in [0.05, 0.1) is 0 Å². The van der Waals surface area contributed by atoms with Crippen LogP contribution in [0, 0.1) is 5.92 Å². The quantitative estimate of drug-likeness (QED) is 0.841. The van der Waals surface area contributed by atoms with E-state index in [1.165, 1.54) is 12.8 Å². The van der Waals surface area contributed by atoms with Gasteiger partial charge in [-0.3, -0.25) is 4.79 Å². The smallest absolute Gasteiger partial charge is 0.256 e. The molecule has 2 aliphatic rings. The molecule has 3 rings (SSSR count). The summed E-state index contributed by atoms with van der Waals surface area (Å²) in [6.45, 7) is 5.31. The van der Waals surface area contributed by atoms with Crippen LogP contribution in [-0.2, 0) is 9.53 Å². The van der Waals surface area contributed by atoms with Gasteiger partial charge in [-0.2, -0.15) is 0 Å². The summed E-state index contributed by atoms with van der Waals surface area (Å²) >= 11 is 0. The third-order valence-electron chi connectivity index (χ3n) is 4.86. The zero-order chi connectivity index (χ0) is 16.1. The second-order valence-corrected chi connectivity index (χ2v) is 6.70. The molecule has 1 aliphatic heterocycles. The number of nitrogens with zero attached hydrogens (tertiary/aromatic N) is 1. The average molecular weight is 316 g/mol. The van der Waals surface area contributed by atoms with Gasteiger partial charge in [-0.15, -0.1) is 0 Å². The molecule has 1 unspecified atom stereocenters. The number of nitrogens with one attached hydrogen (secondary N) is 1. The fourth-order valence-corrected chi connectivity index (χ4v) is 3.23. The molecule has 23 heavy (non-hydrogen) atoms. The molecule has 1 N–H and O–H groups in total. The molecule has 1 saturated carbocycles. The summed E-state index contributed by atoms with van der Waals surface area (Å²) in [5.74, 6) is 1.02. The highest BCUT2D eigenvalue weighted by atomic mass is 16.5. The Bertz CT molecular complexity index is 493. The van der Waals surface area contributed by atoms with Gasteiger partial charge in [0.1, 0.15) is 0 Å². The number of hydrogen-bond acceptors (Lipinski definition) is 3. The van der Waals surface area contributed by atoms with E-state index in [1.54, 1.807) is 0 Å². The van der Waals surface area contributed by atoms with Gasteiger partial charge in [0.2, 0.25) is 0 Å². The zero-order valence-electron chi connectivity index (χ0n) is 14.0. The Hall–Kier alpha value is -1.39. The van der Waals surface area contributed by atoms with Gasteiger partial charge in [0, 0.05) is 25.7 Å². The first kappa shape index (κ1) is 16.5. The Labute approximate surface area is 139 Å². The Balaban J connectivity index is 1.53. The van der Waals surface area contributed by atoms with Crippen LogP contribution in [0.4, 0.5) is 0 Å². The van der Waals surface area contributed by atoms with Crippen LogP contribution in [0.2, 0.25) is 0 Å². The number of likely N-dealkylation sites (tertiary alicyclic amines) is 1. The monoisotopic (exact) mass is 316 g/mol. The van der Waals surface area contributed by atoms with E-state index in [0.29, 0.717) is 12.6 Å². The van der Waals surface area contributed by atoms with E-state index in [9.17, 15) is 4.79 Å². The van der Waals surface area contributed by atoms with Crippen molar-refractivity contribution < 1.29 is 9.53 Å². The van der Waals surface area contributed by atoms with Crippen LogP contribution in [0.15, 0.2) is 30.3 Å². The number of carbonyl (C=O) groups is 1. The maximum atomic E-state index is 12.9. The fourth-order valence-electron chi connectivity index (χ4n) is 3.23. The number of amides is 1. The molecule has 1 heterocycles. The van der Waals surface area contributed by atoms with Crippen molar-refractivity contribution in [3.63, 3.8) is 0 Å². The molecule has 1 aliphatic carbocycles. The Morgan fingerprint density at radius 3 is 2.52 bits per heavy atom. The predicted octanol–water partition coefficient (Wildman–Crippen LogP) is 2.75. The first-order chi connectivity index (χ1) is 11.3. The summed E-state index contributed by atoms with van der Waals surface area (Å²) in [5.41, 5.74) is 0.952. The molecule has 0 radical (unpaired) electrons. The highest BCUT2D eigenvalue weighted by Crippen LogP contribution is 2.28. The number of benzene rings is 1. The van der Waals surface area contributed by atoms with Crippen molar-refractivity contribution in [2.24, 2.45) is 5.92 Å². The minimum Gasteiger partial charge on any atom is -0.364 e. The summed E-state index contributed by atoms with van der Waals surface area (Å²) in [7, 11) is 0. The second-order valence-electron chi connectivity index (χ2n) is 6.70. The van der Waals surface area contributed by atoms with E-state index in [-0.39, 0.29) is 5.91 Å². The van der Waals surface area contributed by atoms with Crippen LogP contribution in [0.5, 0.6) is 0 Å². The molecule has 0 aromatic heterocycles. The van der Waals surface area contributed by atoms with Gasteiger partial charge >= 0.3 is 0 Å². The van der Waals surface area contributed by atoms with Gasteiger partial charge in [-0.25, -0.2) is 0 Å². The standard InChI is InChI=1S/C19H28N2O2/c1-2-23-18(16-6-4-3-5-7-16)19(22)21-12-10-17(11-13-21)20-14-15-8-9-15/h3-7,15,17-18,20H,2,8-14H2,1H3. The first-order valence-corrected chi connectivity index (χ1v) is 8.96. The van der Waals surface area contributed by atoms with Crippen molar-refractivity contribution >= 4 is 5.91 Å². The molecule has 1 aromatic carbocycles. The summed E-state index contributed by atoms with van der Waals surface area (Å²) in [4.78, 5) is 14.8. The van der Waals surface area contributed by atoms with Crippen LogP contribution in [-0.4, -0.2) is 43.1 Å². The van der Waals surface area contributed by atoms with Crippen molar-refractivity contribution in [1.82, 2.24) is 10.2 Å². The normalized spacial score (nSPS) is 20.5. The summed E-state index contributed by atoms with van der Waals surface area (Å²) in [5, 5.41) is 3.66. The fraction of sp³-hybridized carbons (Fsp3) is 0.632. The maximum absolute atomic E-state index is 12.9. The molecule has 2 fully saturated rings. The lowest BCUT2D eigenvalue weighted by Gasteiger charge is -2.34. The summed E-state index contributed by atoms with van der Waals surface area (Å²) < 4.78 is 5.75.